The van der Waals surface area contributed by atoms with E-state index in [9.17, 15) is 17.2 Å². The van der Waals surface area contributed by atoms with Crippen molar-refractivity contribution in [3.8, 4) is 17.1 Å². The number of halogens is 2. The quantitative estimate of drug-likeness (QED) is 0.393. The molecule has 4 heterocycles. The van der Waals surface area contributed by atoms with Gasteiger partial charge in [0.15, 0.2) is 5.82 Å². The summed E-state index contributed by atoms with van der Waals surface area (Å²) in [5.41, 5.74) is -0.0401. The molecule has 37 heavy (non-hydrogen) atoms. The van der Waals surface area contributed by atoms with Crippen molar-refractivity contribution in [2.24, 2.45) is 5.14 Å². The van der Waals surface area contributed by atoms with Gasteiger partial charge in [0.05, 0.1) is 11.1 Å². The fraction of sp³-hybridized carbons (Fsp3) is 0.348. The first-order valence-electron chi connectivity index (χ1n) is 11.5. The number of piperidine rings is 1. The van der Waals surface area contributed by atoms with Gasteiger partial charge in [-0.3, -0.25) is 4.98 Å². The zero-order chi connectivity index (χ0) is 26.3. The minimum absolute atomic E-state index is 0.00860. The molecule has 194 valence electrons. The molecule has 14 heteroatoms. The predicted octanol–water partition coefficient (Wildman–Crippen LogP) is 3.17. The van der Waals surface area contributed by atoms with Crippen LogP contribution in [0, 0.1) is 11.6 Å². The number of fused-ring (bicyclic) bond motifs is 1. The minimum Gasteiger partial charge on any atom is -0.474 e. The van der Waals surface area contributed by atoms with E-state index in [1.807, 2.05) is 18.7 Å². The van der Waals surface area contributed by atoms with Gasteiger partial charge < -0.3 is 14.2 Å². The maximum absolute atomic E-state index is 14.8. The third-order valence-corrected chi connectivity index (χ3v) is 6.96. The summed E-state index contributed by atoms with van der Waals surface area (Å²) in [4.78, 5) is 18.1. The summed E-state index contributed by atoms with van der Waals surface area (Å²) in [6.45, 7) is 5.26. The number of nitrogens with zero attached hydrogens (tertiary/aromatic N) is 6. The van der Waals surface area contributed by atoms with Gasteiger partial charge >= 0.3 is 6.01 Å². The Hall–Kier alpha value is -3.78. The molecule has 0 radical (unpaired) electrons. The number of hydrogen-bond acceptors (Lipinski definition) is 10. The fourth-order valence-electron chi connectivity index (χ4n) is 4.10. The first kappa shape index (κ1) is 24.9. The standard InChI is InChI=1S/C23H23F2N7O4S/c1-12(2)21-30-23(36-31-21)32-7-4-13(5-8-32)35-22-14-3-6-27-20(19(14)28-11-29-22)15-9-17(25)18(10-16(15)24)37(26,33)34/h3,6,9-13H,4-5,7-8H2,1-2H3,(H2,26,33,34). The Balaban J connectivity index is 1.39. The fourth-order valence-corrected chi connectivity index (χ4v) is 4.70. The van der Waals surface area contributed by atoms with Gasteiger partial charge in [0.25, 0.3) is 0 Å². The lowest BCUT2D eigenvalue weighted by Crippen LogP contribution is -2.38. The number of primary sulfonamides is 1. The van der Waals surface area contributed by atoms with Crippen LogP contribution in [0.15, 0.2) is 40.1 Å². The molecule has 0 bridgehead atoms. The Morgan fingerprint density at radius 1 is 1.14 bits per heavy atom. The van der Waals surface area contributed by atoms with Gasteiger partial charge in [0, 0.05) is 43.6 Å². The van der Waals surface area contributed by atoms with Crippen molar-refractivity contribution in [3.05, 3.63) is 48.2 Å². The zero-order valence-electron chi connectivity index (χ0n) is 19.9. The number of ether oxygens (including phenoxy) is 1. The molecule has 0 saturated carbocycles. The highest BCUT2D eigenvalue weighted by atomic mass is 32.2. The van der Waals surface area contributed by atoms with Gasteiger partial charge in [-0.2, -0.15) is 4.98 Å². The summed E-state index contributed by atoms with van der Waals surface area (Å²) in [6.07, 6.45) is 3.80. The summed E-state index contributed by atoms with van der Waals surface area (Å²) >= 11 is 0. The molecule has 1 aliphatic rings. The molecular formula is C23H23F2N7O4S. The van der Waals surface area contributed by atoms with Crippen LogP contribution in [0.4, 0.5) is 14.8 Å². The molecular weight excluding hydrogens is 508 g/mol. The topological polar surface area (TPSA) is 150 Å². The van der Waals surface area contributed by atoms with Crippen LogP contribution < -0.4 is 14.8 Å². The van der Waals surface area contributed by atoms with E-state index in [4.69, 9.17) is 14.4 Å². The molecule has 0 aliphatic carbocycles. The van der Waals surface area contributed by atoms with Crippen molar-refractivity contribution in [1.82, 2.24) is 25.1 Å². The van der Waals surface area contributed by atoms with E-state index in [0.29, 0.717) is 49.2 Å². The average Bonchev–Trinajstić information content (AvgIpc) is 3.36. The van der Waals surface area contributed by atoms with E-state index in [2.05, 4.69) is 25.1 Å². The van der Waals surface area contributed by atoms with Gasteiger partial charge in [-0.15, -0.1) is 0 Å². The minimum atomic E-state index is -4.44. The zero-order valence-corrected chi connectivity index (χ0v) is 20.7. The molecule has 3 aromatic heterocycles. The second-order valence-electron chi connectivity index (χ2n) is 8.94. The number of aromatic nitrogens is 5. The summed E-state index contributed by atoms with van der Waals surface area (Å²) in [5.74, 6) is -1.12. The van der Waals surface area contributed by atoms with Crippen LogP contribution in [-0.4, -0.2) is 52.7 Å². The van der Waals surface area contributed by atoms with Crippen LogP contribution in [0.25, 0.3) is 22.2 Å². The normalized spacial score (nSPS) is 15.0. The second-order valence-corrected chi connectivity index (χ2v) is 10.5. The van der Waals surface area contributed by atoms with Crippen molar-refractivity contribution >= 4 is 26.9 Å². The highest BCUT2D eigenvalue weighted by Crippen LogP contribution is 2.33. The number of pyridine rings is 1. The molecule has 1 fully saturated rings. The van der Waals surface area contributed by atoms with Crippen molar-refractivity contribution in [3.63, 3.8) is 0 Å². The third-order valence-electron chi connectivity index (χ3n) is 6.04. The highest BCUT2D eigenvalue weighted by molar-refractivity contribution is 7.89. The van der Waals surface area contributed by atoms with Gasteiger partial charge in [0.2, 0.25) is 15.9 Å². The van der Waals surface area contributed by atoms with E-state index < -0.39 is 26.6 Å². The van der Waals surface area contributed by atoms with E-state index in [-0.39, 0.29) is 34.7 Å². The van der Waals surface area contributed by atoms with Crippen LogP contribution in [0.1, 0.15) is 38.4 Å². The van der Waals surface area contributed by atoms with Gasteiger partial charge in [-0.05, 0) is 18.2 Å². The number of rotatable bonds is 6. The highest BCUT2D eigenvalue weighted by Gasteiger charge is 2.26. The van der Waals surface area contributed by atoms with Crippen LogP contribution >= 0.6 is 0 Å². The molecule has 1 aromatic carbocycles. The lowest BCUT2D eigenvalue weighted by Gasteiger charge is -2.30. The smallest absolute Gasteiger partial charge is 0.324 e. The molecule has 0 unspecified atom stereocenters. The Labute approximate surface area is 210 Å². The molecule has 2 N–H and O–H groups in total. The van der Waals surface area contributed by atoms with Crippen molar-refractivity contribution in [2.75, 3.05) is 18.0 Å². The maximum Gasteiger partial charge on any atom is 0.324 e. The number of hydrogen-bond donors (Lipinski definition) is 1. The Bertz CT molecular complexity index is 1570. The van der Waals surface area contributed by atoms with E-state index in [1.165, 1.54) is 12.5 Å². The van der Waals surface area contributed by atoms with E-state index >= 15 is 0 Å². The Kier molecular flexibility index (Phi) is 6.45. The van der Waals surface area contributed by atoms with Gasteiger partial charge in [-0.1, -0.05) is 19.0 Å². The molecule has 5 rings (SSSR count). The number of benzene rings is 1. The van der Waals surface area contributed by atoms with E-state index in [1.54, 1.807) is 6.07 Å². The maximum atomic E-state index is 14.8. The van der Waals surface area contributed by atoms with E-state index in [0.717, 1.165) is 6.07 Å². The lowest BCUT2D eigenvalue weighted by molar-refractivity contribution is 0.164. The largest absolute Gasteiger partial charge is 0.474 e. The summed E-state index contributed by atoms with van der Waals surface area (Å²) in [6, 6.07) is 3.35. The van der Waals surface area contributed by atoms with Crippen molar-refractivity contribution < 1.29 is 26.5 Å². The van der Waals surface area contributed by atoms with Crippen molar-refractivity contribution in [2.45, 2.75) is 43.6 Å². The molecule has 0 spiro atoms. The monoisotopic (exact) mass is 531 g/mol. The summed E-state index contributed by atoms with van der Waals surface area (Å²) in [7, 11) is -4.44. The predicted molar refractivity (Wildman–Crippen MR) is 128 cm³/mol. The van der Waals surface area contributed by atoms with Crippen LogP contribution in [0.2, 0.25) is 0 Å². The molecule has 0 atom stereocenters. The number of anilines is 1. The van der Waals surface area contributed by atoms with Gasteiger partial charge in [-0.25, -0.2) is 32.3 Å². The molecule has 1 saturated heterocycles. The third kappa shape index (κ3) is 4.93. The lowest BCUT2D eigenvalue weighted by atomic mass is 10.1. The summed E-state index contributed by atoms with van der Waals surface area (Å²) < 4.78 is 63.9. The number of nitrogens with two attached hydrogens (primary N) is 1. The Morgan fingerprint density at radius 3 is 2.57 bits per heavy atom. The average molecular weight is 532 g/mol. The molecule has 11 nitrogen and oxygen atoms in total. The second kappa shape index (κ2) is 9.59. The SMILES string of the molecule is CC(C)c1noc(N2CCC(Oc3ncnc4c(-c5cc(F)c(S(N)(=O)=O)cc5F)nccc34)CC2)n1. The number of sulfonamides is 1. The van der Waals surface area contributed by atoms with Crippen molar-refractivity contribution in [1.29, 1.82) is 0 Å². The van der Waals surface area contributed by atoms with Crippen LogP contribution in [0.3, 0.4) is 0 Å². The van der Waals surface area contributed by atoms with Gasteiger partial charge in [0.1, 0.15) is 34.5 Å². The molecule has 4 aromatic rings. The van der Waals surface area contributed by atoms with Crippen LogP contribution in [-0.2, 0) is 10.0 Å². The molecule has 1 aliphatic heterocycles. The first-order chi connectivity index (χ1) is 17.6. The first-order valence-corrected chi connectivity index (χ1v) is 13.0. The summed E-state index contributed by atoms with van der Waals surface area (Å²) in [5, 5.41) is 9.42. The Morgan fingerprint density at radius 2 is 1.89 bits per heavy atom. The molecule has 0 amide bonds. The van der Waals surface area contributed by atoms with Crippen LogP contribution in [0.5, 0.6) is 5.88 Å².